The van der Waals surface area contributed by atoms with E-state index in [9.17, 15) is 14.4 Å². The lowest BCUT2D eigenvalue weighted by Crippen LogP contribution is -2.30. The molecule has 0 aromatic carbocycles. The standard InChI is InChI=1S/C75H140O6/c1-4-7-10-13-16-19-22-25-28-31-33-34-35-36-37-38-39-40-41-42-43-45-47-50-53-56-59-62-65-68-74(77)80-71-72(70-79-73(76)67-64-61-58-55-52-49-46-30-27-24-21-18-15-12-9-6-3)81-75(78)69-66-63-60-57-54-51-48-44-32-29-26-23-20-17-14-11-8-5-2/h21,24,29-30,32,46,72H,4-20,22-23,25-28,31,33-45,47-71H2,1-3H3/b24-21-,32-29-,46-30-. The fourth-order valence-electron chi connectivity index (χ4n) is 11.1. The highest BCUT2D eigenvalue weighted by atomic mass is 16.6. The van der Waals surface area contributed by atoms with Crippen LogP contribution in [0, 0.1) is 0 Å². The molecule has 0 bridgehead atoms. The molecule has 0 aliphatic carbocycles. The second-order valence-corrected chi connectivity index (χ2v) is 24.9. The second-order valence-electron chi connectivity index (χ2n) is 24.9. The minimum Gasteiger partial charge on any atom is -0.462 e. The van der Waals surface area contributed by atoms with Gasteiger partial charge in [-0.15, -0.1) is 0 Å². The molecule has 0 aliphatic rings. The normalized spacial score (nSPS) is 12.2. The molecule has 0 amide bonds. The van der Waals surface area contributed by atoms with Crippen molar-refractivity contribution in [2.24, 2.45) is 0 Å². The summed E-state index contributed by atoms with van der Waals surface area (Å²) in [5.74, 6) is -0.864. The average molecular weight is 1140 g/mol. The van der Waals surface area contributed by atoms with Gasteiger partial charge in [-0.2, -0.15) is 0 Å². The first kappa shape index (κ1) is 78.6. The summed E-state index contributed by atoms with van der Waals surface area (Å²) in [6.45, 7) is 6.68. The minimum atomic E-state index is -0.780. The molecule has 0 N–H and O–H groups in total. The van der Waals surface area contributed by atoms with Gasteiger partial charge in [0.25, 0.3) is 0 Å². The maximum absolute atomic E-state index is 12.9. The summed E-state index contributed by atoms with van der Waals surface area (Å²) < 4.78 is 17.0. The molecule has 1 atom stereocenters. The number of carbonyl (C=O) groups excluding carboxylic acids is 3. The van der Waals surface area contributed by atoms with Crippen molar-refractivity contribution >= 4 is 17.9 Å². The van der Waals surface area contributed by atoms with Crippen LogP contribution in [0.2, 0.25) is 0 Å². The van der Waals surface area contributed by atoms with Gasteiger partial charge in [-0.25, -0.2) is 0 Å². The van der Waals surface area contributed by atoms with Crippen LogP contribution in [-0.4, -0.2) is 37.2 Å². The summed E-state index contributed by atoms with van der Waals surface area (Å²) in [7, 11) is 0. The molecule has 0 aliphatic heterocycles. The van der Waals surface area contributed by atoms with Crippen LogP contribution >= 0.6 is 0 Å². The van der Waals surface area contributed by atoms with E-state index in [1.165, 1.54) is 289 Å². The predicted molar refractivity (Wildman–Crippen MR) is 353 cm³/mol. The molecule has 0 aromatic rings. The highest BCUT2D eigenvalue weighted by Crippen LogP contribution is 2.19. The molecule has 6 heteroatoms. The lowest BCUT2D eigenvalue weighted by molar-refractivity contribution is -0.167. The van der Waals surface area contributed by atoms with Crippen LogP contribution in [0.1, 0.15) is 406 Å². The van der Waals surface area contributed by atoms with Crippen LogP contribution in [0.25, 0.3) is 0 Å². The number of esters is 3. The zero-order valence-electron chi connectivity index (χ0n) is 54.8. The average Bonchev–Trinajstić information content (AvgIpc) is 3.47. The van der Waals surface area contributed by atoms with Gasteiger partial charge in [-0.1, -0.05) is 346 Å². The number of hydrogen-bond donors (Lipinski definition) is 0. The molecule has 0 saturated heterocycles. The highest BCUT2D eigenvalue weighted by Gasteiger charge is 2.19. The van der Waals surface area contributed by atoms with Gasteiger partial charge < -0.3 is 14.2 Å². The van der Waals surface area contributed by atoms with E-state index in [4.69, 9.17) is 14.2 Å². The smallest absolute Gasteiger partial charge is 0.306 e. The lowest BCUT2D eigenvalue weighted by atomic mass is 10.0. The van der Waals surface area contributed by atoms with Crippen LogP contribution in [0.5, 0.6) is 0 Å². The molecule has 0 saturated carbocycles. The molecule has 0 rings (SSSR count). The van der Waals surface area contributed by atoms with E-state index in [0.29, 0.717) is 19.3 Å². The Morgan fingerprint density at radius 3 is 0.704 bits per heavy atom. The van der Waals surface area contributed by atoms with Crippen LogP contribution in [0.3, 0.4) is 0 Å². The number of hydrogen-bond acceptors (Lipinski definition) is 6. The molecule has 0 fully saturated rings. The van der Waals surface area contributed by atoms with Gasteiger partial charge in [-0.05, 0) is 77.0 Å². The number of carbonyl (C=O) groups is 3. The van der Waals surface area contributed by atoms with Crippen molar-refractivity contribution in [2.45, 2.75) is 412 Å². The zero-order chi connectivity index (χ0) is 58.5. The summed E-state index contributed by atoms with van der Waals surface area (Å²) in [5, 5.41) is 0. The predicted octanol–water partition coefficient (Wildman–Crippen LogP) is 25.1. The molecule has 6 nitrogen and oxygen atoms in total. The third-order valence-electron chi connectivity index (χ3n) is 16.6. The van der Waals surface area contributed by atoms with E-state index < -0.39 is 6.10 Å². The summed E-state index contributed by atoms with van der Waals surface area (Å²) in [6.07, 6.45) is 87.6. The summed E-state index contributed by atoms with van der Waals surface area (Å²) in [5.41, 5.74) is 0. The van der Waals surface area contributed by atoms with Gasteiger partial charge >= 0.3 is 17.9 Å². The maximum atomic E-state index is 12.9. The summed E-state index contributed by atoms with van der Waals surface area (Å²) >= 11 is 0. The highest BCUT2D eigenvalue weighted by molar-refractivity contribution is 5.71. The Kier molecular flexibility index (Phi) is 68.1. The molecular formula is C75H140O6. The van der Waals surface area contributed by atoms with Gasteiger partial charge in [-0.3, -0.25) is 14.4 Å². The molecule has 1 unspecified atom stereocenters. The van der Waals surface area contributed by atoms with Gasteiger partial charge in [0.05, 0.1) is 0 Å². The molecule has 0 aromatic heterocycles. The van der Waals surface area contributed by atoms with Crippen LogP contribution in [-0.2, 0) is 28.6 Å². The van der Waals surface area contributed by atoms with Crippen molar-refractivity contribution in [2.75, 3.05) is 13.2 Å². The first-order valence-corrected chi connectivity index (χ1v) is 36.5. The van der Waals surface area contributed by atoms with Crippen LogP contribution in [0.15, 0.2) is 36.5 Å². The Balaban J connectivity index is 4.22. The molecule has 81 heavy (non-hydrogen) atoms. The second kappa shape index (κ2) is 70.1. The lowest BCUT2D eigenvalue weighted by Gasteiger charge is -2.18. The minimum absolute atomic E-state index is 0.0739. The Labute approximate surface area is 506 Å². The van der Waals surface area contributed by atoms with E-state index in [1.807, 2.05) is 0 Å². The van der Waals surface area contributed by atoms with Crippen LogP contribution in [0.4, 0.5) is 0 Å². The van der Waals surface area contributed by atoms with Crippen molar-refractivity contribution in [1.29, 1.82) is 0 Å². The molecule has 0 radical (unpaired) electrons. The number of rotatable bonds is 68. The van der Waals surface area contributed by atoms with E-state index in [2.05, 4.69) is 57.2 Å². The monoisotopic (exact) mass is 1140 g/mol. The van der Waals surface area contributed by atoms with Crippen molar-refractivity contribution in [1.82, 2.24) is 0 Å². The molecule has 0 heterocycles. The molecule has 476 valence electrons. The van der Waals surface area contributed by atoms with Crippen molar-refractivity contribution in [3.05, 3.63) is 36.5 Å². The van der Waals surface area contributed by atoms with E-state index >= 15 is 0 Å². The largest absolute Gasteiger partial charge is 0.462 e. The summed E-state index contributed by atoms with van der Waals surface area (Å²) in [6, 6.07) is 0. The molecular weight excluding hydrogens is 997 g/mol. The van der Waals surface area contributed by atoms with Gasteiger partial charge in [0, 0.05) is 19.3 Å². The van der Waals surface area contributed by atoms with E-state index in [-0.39, 0.29) is 31.1 Å². The number of unbranched alkanes of at least 4 members (excludes halogenated alkanes) is 51. The van der Waals surface area contributed by atoms with Gasteiger partial charge in [0.15, 0.2) is 6.10 Å². The van der Waals surface area contributed by atoms with Crippen molar-refractivity contribution in [3.8, 4) is 0 Å². The first-order valence-electron chi connectivity index (χ1n) is 36.5. The Bertz CT molecular complexity index is 1350. The fourth-order valence-corrected chi connectivity index (χ4v) is 11.1. The topological polar surface area (TPSA) is 78.9 Å². The van der Waals surface area contributed by atoms with Crippen molar-refractivity contribution in [3.63, 3.8) is 0 Å². The van der Waals surface area contributed by atoms with Crippen molar-refractivity contribution < 1.29 is 28.6 Å². The quantitative estimate of drug-likeness (QED) is 0.0261. The third-order valence-corrected chi connectivity index (χ3v) is 16.6. The first-order chi connectivity index (χ1) is 40.0. The zero-order valence-corrected chi connectivity index (χ0v) is 54.8. The Morgan fingerprint density at radius 1 is 0.247 bits per heavy atom. The fraction of sp³-hybridized carbons (Fsp3) is 0.880. The SMILES string of the molecule is CCCCCC/C=C\C/C=C\CCCCCCCC(=O)OCC(COC(=O)CCCCCCCCCCCCCCCCCCCCCCCCCCCCCCC)OC(=O)CCCCCCCCC/C=C\CCCCCCCCC. The van der Waals surface area contributed by atoms with Gasteiger partial charge in [0.2, 0.25) is 0 Å². The van der Waals surface area contributed by atoms with Crippen LogP contribution < -0.4 is 0 Å². The third kappa shape index (κ3) is 68.3. The number of allylic oxidation sites excluding steroid dienone is 6. The van der Waals surface area contributed by atoms with Gasteiger partial charge in [0.1, 0.15) is 13.2 Å². The summed E-state index contributed by atoms with van der Waals surface area (Å²) in [4.78, 5) is 38.4. The Hall–Kier alpha value is -2.37. The maximum Gasteiger partial charge on any atom is 0.306 e. The number of ether oxygens (including phenoxy) is 3. The Morgan fingerprint density at radius 2 is 0.444 bits per heavy atom. The van der Waals surface area contributed by atoms with E-state index in [1.54, 1.807) is 0 Å². The van der Waals surface area contributed by atoms with E-state index in [0.717, 1.165) is 77.0 Å². The molecule has 0 spiro atoms.